The van der Waals surface area contributed by atoms with Crippen LogP contribution in [0.4, 0.5) is 0 Å². The largest absolute Gasteiger partial charge is 0.493 e. The molecule has 0 amide bonds. The molecule has 24 heavy (non-hydrogen) atoms. The lowest BCUT2D eigenvalue weighted by molar-refractivity contribution is -0.147. The predicted molar refractivity (Wildman–Crippen MR) is 91.9 cm³/mol. The zero-order valence-corrected chi connectivity index (χ0v) is 14.2. The summed E-state index contributed by atoms with van der Waals surface area (Å²) in [6, 6.07) is 8.32. The van der Waals surface area contributed by atoms with Crippen LogP contribution in [0, 0.1) is 23.7 Å². The number of hydrogen-bond donors (Lipinski definition) is 1. The number of benzene rings is 1. The second-order valence-corrected chi connectivity index (χ2v) is 8.07. The van der Waals surface area contributed by atoms with Crippen molar-refractivity contribution >= 4 is 5.97 Å². The molecule has 1 aromatic carbocycles. The van der Waals surface area contributed by atoms with Gasteiger partial charge in [0.15, 0.2) is 0 Å². The highest BCUT2D eigenvalue weighted by Crippen LogP contribution is 2.44. The second kappa shape index (κ2) is 6.75. The minimum Gasteiger partial charge on any atom is -0.493 e. The number of carbonyl (C=O) groups is 1. The molecule has 2 saturated carbocycles. The average Bonchev–Trinajstić information content (AvgIpc) is 2.88. The maximum atomic E-state index is 10.8. The normalized spacial score (nSPS) is 30.1. The Hall–Kier alpha value is -1.55. The van der Waals surface area contributed by atoms with E-state index < -0.39 is 5.97 Å². The number of nitrogens with zero attached hydrogens (tertiary/aromatic N) is 1. The summed E-state index contributed by atoms with van der Waals surface area (Å²) in [5.41, 5.74) is 1.22. The molecule has 0 spiro atoms. The number of hydrogen-bond acceptors (Lipinski definition) is 3. The molecule has 4 rings (SSSR count). The summed E-state index contributed by atoms with van der Waals surface area (Å²) in [5.74, 6) is 2.77. The summed E-state index contributed by atoms with van der Waals surface area (Å²) >= 11 is 0. The Morgan fingerprint density at radius 1 is 1.08 bits per heavy atom. The lowest BCUT2D eigenvalue weighted by Crippen LogP contribution is -2.49. The van der Waals surface area contributed by atoms with Gasteiger partial charge in [-0.15, -0.1) is 0 Å². The lowest BCUT2D eigenvalue weighted by Gasteiger charge is -2.36. The van der Waals surface area contributed by atoms with Crippen LogP contribution in [0.25, 0.3) is 0 Å². The van der Waals surface area contributed by atoms with Gasteiger partial charge in [0.1, 0.15) is 5.75 Å². The van der Waals surface area contributed by atoms with Crippen LogP contribution >= 0.6 is 0 Å². The fraction of sp³-hybridized carbons (Fsp3) is 0.650. The van der Waals surface area contributed by atoms with E-state index in [0.717, 1.165) is 36.7 Å². The molecule has 2 bridgehead atoms. The monoisotopic (exact) mass is 329 g/mol. The Kier molecular flexibility index (Phi) is 4.49. The Morgan fingerprint density at radius 3 is 2.38 bits per heavy atom. The first-order valence-electron chi connectivity index (χ1n) is 9.32. The van der Waals surface area contributed by atoms with Gasteiger partial charge >= 0.3 is 5.97 Å². The van der Waals surface area contributed by atoms with Gasteiger partial charge in [0.2, 0.25) is 0 Å². The van der Waals surface area contributed by atoms with E-state index >= 15 is 0 Å². The highest BCUT2D eigenvalue weighted by Gasteiger charge is 2.34. The summed E-state index contributed by atoms with van der Waals surface area (Å²) < 4.78 is 6.03. The summed E-state index contributed by atoms with van der Waals surface area (Å²) in [6.45, 7) is 3.02. The van der Waals surface area contributed by atoms with Crippen molar-refractivity contribution in [2.75, 3.05) is 19.7 Å². The van der Waals surface area contributed by atoms with E-state index in [0.29, 0.717) is 13.1 Å². The molecule has 2 unspecified atom stereocenters. The third-order valence-electron chi connectivity index (χ3n) is 6.10. The van der Waals surface area contributed by atoms with E-state index in [-0.39, 0.29) is 5.92 Å². The van der Waals surface area contributed by atoms with Crippen LogP contribution < -0.4 is 4.74 Å². The lowest BCUT2D eigenvalue weighted by atomic mass is 9.81. The molecule has 3 fully saturated rings. The zero-order valence-electron chi connectivity index (χ0n) is 14.2. The minimum absolute atomic E-state index is 0.182. The van der Waals surface area contributed by atoms with Crippen molar-refractivity contribution < 1.29 is 14.6 Å². The zero-order chi connectivity index (χ0) is 16.5. The average molecular weight is 329 g/mol. The summed E-state index contributed by atoms with van der Waals surface area (Å²) in [6.07, 6.45) is 7.05. The van der Waals surface area contributed by atoms with Crippen LogP contribution in [-0.2, 0) is 11.3 Å². The first-order valence-corrected chi connectivity index (χ1v) is 9.32. The topological polar surface area (TPSA) is 49.8 Å². The number of rotatable bonds is 6. The van der Waals surface area contributed by atoms with Crippen LogP contribution in [0.5, 0.6) is 5.75 Å². The number of carboxylic acid groups (broad SMARTS) is 1. The van der Waals surface area contributed by atoms with Crippen molar-refractivity contribution in [3.05, 3.63) is 29.8 Å². The smallest absolute Gasteiger partial charge is 0.309 e. The Morgan fingerprint density at radius 2 is 1.75 bits per heavy atom. The maximum absolute atomic E-state index is 10.8. The van der Waals surface area contributed by atoms with Crippen molar-refractivity contribution in [2.24, 2.45) is 23.7 Å². The van der Waals surface area contributed by atoms with E-state index in [1.807, 2.05) is 0 Å². The van der Waals surface area contributed by atoms with Crippen LogP contribution in [0.15, 0.2) is 24.3 Å². The molecule has 2 atom stereocenters. The van der Waals surface area contributed by atoms with E-state index in [1.165, 1.54) is 37.7 Å². The molecule has 0 aromatic heterocycles. The number of likely N-dealkylation sites (tertiary alicyclic amines) is 1. The quantitative estimate of drug-likeness (QED) is 0.869. The van der Waals surface area contributed by atoms with Gasteiger partial charge in [-0.2, -0.15) is 0 Å². The molecule has 3 aliphatic rings. The molecule has 1 saturated heterocycles. The first-order chi connectivity index (χ1) is 11.7. The van der Waals surface area contributed by atoms with Crippen LogP contribution in [0.1, 0.15) is 37.7 Å². The van der Waals surface area contributed by atoms with Gasteiger partial charge in [-0.3, -0.25) is 9.69 Å². The van der Waals surface area contributed by atoms with E-state index in [9.17, 15) is 4.79 Å². The minimum atomic E-state index is -0.675. The van der Waals surface area contributed by atoms with Crippen LogP contribution in [0.2, 0.25) is 0 Å². The molecule has 130 valence electrons. The van der Waals surface area contributed by atoms with E-state index in [1.54, 1.807) is 0 Å². The molecule has 1 N–H and O–H groups in total. The van der Waals surface area contributed by atoms with Gasteiger partial charge in [0, 0.05) is 19.6 Å². The van der Waals surface area contributed by atoms with Crippen molar-refractivity contribution in [1.29, 1.82) is 0 Å². The molecule has 1 aliphatic heterocycles. The summed E-state index contributed by atoms with van der Waals surface area (Å²) in [5, 5.41) is 8.91. The van der Waals surface area contributed by atoms with Crippen molar-refractivity contribution in [3.8, 4) is 5.75 Å². The Balaban J connectivity index is 1.22. The maximum Gasteiger partial charge on any atom is 0.309 e. The molecule has 1 aromatic rings. The highest BCUT2D eigenvalue weighted by molar-refractivity contribution is 5.71. The Labute approximate surface area is 143 Å². The van der Waals surface area contributed by atoms with Crippen molar-refractivity contribution in [2.45, 2.75) is 38.6 Å². The molecule has 4 nitrogen and oxygen atoms in total. The molecular formula is C20H27NO3. The summed E-state index contributed by atoms with van der Waals surface area (Å²) in [7, 11) is 0. The van der Waals surface area contributed by atoms with Gasteiger partial charge in [-0.1, -0.05) is 25.0 Å². The van der Waals surface area contributed by atoms with Crippen LogP contribution in [-0.4, -0.2) is 35.7 Å². The van der Waals surface area contributed by atoms with Crippen molar-refractivity contribution in [3.63, 3.8) is 0 Å². The molecule has 4 heteroatoms. The number of fused-ring (bicyclic) bond motifs is 2. The van der Waals surface area contributed by atoms with E-state index in [2.05, 4.69) is 29.2 Å². The first kappa shape index (κ1) is 15.9. The SMILES string of the molecule is O=C(O)C1CN(Cc2ccc(OCC3CC4CCC(C4)C3)cc2)C1. The third kappa shape index (κ3) is 3.59. The second-order valence-electron chi connectivity index (χ2n) is 8.07. The standard InChI is InChI=1S/C20H27NO3/c22-20(23)18-11-21(12-18)10-14-3-5-19(6-4-14)24-13-17-8-15-1-2-16(7-15)9-17/h3-6,15-18H,1-2,7-13H2,(H,22,23). The number of carboxylic acids is 1. The molecule has 0 radical (unpaired) electrons. The van der Waals surface area contributed by atoms with Gasteiger partial charge in [0.25, 0.3) is 0 Å². The van der Waals surface area contributed by atoms with Gasteiger partial charge < -0.3 is 9.84 Å². The van der Waals surface area contributed by atoms with Gasteiger partial charge in [-0.05, 0) is 54.7 Å². The van der Waals surface area contributed by atoms with Crippen molar-refractivity contribution in [1.82, 2.24) is 4.90 Å². The van der Waals surface area contributed by atoms with Crippen LogP contribution in [0.3, 0.4) is 0 Å². The van der Waals surface area contributed by atoms with E-state index in [4.69, 9.17) is 9.84 Å². The molecular weight excluding hydrogens is 302 g/mol. The predicted octanol–water partition coefficient (Wildman–Crippen LogP) is 3.41. The molecule has 1 heterocycles. The Bertz CT molecular complexity index is 567. The van der Waals surface area contributed by atoms with Gasteiger partial charge in [0.05, 0.1) is 12.5 Å². The molecule has 2 aliphatic carbocycles. The number of ether oxygens (including phenoxy) is 1. The number of aliphatic carboxylic acids is 1. The third-order valence-corrected chi connectivity index (χ3v) is 6.10. The van der Waals surface area contributed by atoms with Gasteiger partial charge in [-0.25, -0.2) is 0 Å². The summed E-state index contributed by atoms with van der Waals surface area (Å²) in [4.78, 5) is 13.0. The fourth-order valence-corrected chi connectivity index (χ4v) is 4.80. The highest BCUT2D eigenvalue weighted by atomic mass is 16.5. The fourth-order valence-electron chi connectivity index (χ4n) is 4.80.